The van der Waals surface area contributed by atoms with Crippen LogP contribution in [0.3, 0.4) is 0 Å². The average molecular weight is 322 g/mol. The van der Waals surface area contributed by atoms with E-state index in [9.17, 15) is 4.79 Å². The first-order valence-electron chi connectivity index (χ1n) is 8.09. The number of para-hydroxylation sites is 1. The highest BCUT2D eigenvalue weighted by Gasteiger charge is 2.14. The number of aromatic nitrogens is 1. The summed E-state index contributed by atoms with van der Waals surface area (Å²) in [5, 5.41) is 4.08. The molecule has 1 heterocycles. The predicted octanol–water partition coefficient (Wildman–Crippen LogP) is 3.77. The molecule has 0 unspecified atom stereocenters. The number of ether oxygens (including phenoxy) is 1. The topological polar surface area (TPSA) is 54.1 Å². The number of fused-ring (bicyclic) bond motifs is 1. The van der Waals surface area contributed by atoms with E-state index in [2.05, 4.69) is 28.5 Å². The Balaban J connectivity index is 1.70. The standard InChI is InChI=1S/C20H22N2O2/c1-13-8-9-16-14(2)19(22-17(16)12-13)20(23)21-11-10-15-6-4-5-7-18(15)24-3/h4-9,12,22H,10-11H2,1-3H3,(H,21,23). The average Bonchev–Trinajstić information content (AvgIpc) is 2.91. The van der Waals surface area contributed by atoms with E-state index in [1.54, 1.807) is 7.11 Å². The van der Waals surface area contributed by atoms with Gasteiger partial charge < -0.3 is 15.0 Å². The molecule has 0 saturated heterocycles. The minimum absolute atomic E-state index is 0.0729. The van der Waals surface area contributed by atoms with Gasteiger partial charge in [0.1, 0.15) is 11.4 Å². The Morgan fingerprint density at radius 1 is 1.17 bits per heavy atom. The van der Waals surface area contributed by atoms with E-state index in [1.807, 2.05) is 38.1 Å². The molecule has 0 bridgehead atoms. The van der Waals surface area contributed by atoms with Gasteiger partial charge in [-0.3, -0.25) is 4.79 Å². The van der Waals surface area contributed by atoms with Gasteiger partial charge in [-0.05, 0) is 49.1 Å². The molecule has 2 N–H and O–H groups in total. The third-order valence-corrected chi connectivity index (χ3v) is 4.31. The molecule has 0 saturated carbocycles. The van der Waals surface area contributed by atoms with Crippen LogP contribution in [0.1, 0.15) is 27.2 Å². The highest BCUT2D eigenvalue weighted by atomic mass is 16.5. The lowest BCUT2D eigenvalue weighted by molar-refractivity contribution is 0.0949. The quantitative estimate of drug-likeness (QED) is 0.751. The summed E-state index contributed by atoms with van der Waals surface area (Å²) < 4.78 is 5.34. The van der Waals surface area contributed by atoms with Crippen LogP contribution in [0, 0.1) is 13.8 Å². The van der Waals surface area contributed by atoms with Crippen LogP contribution in [0.4, 0.5) is 0 Å². The smallest absolute Gasteiger partial charge is 0.268 e. The molecule has 24 heavy (non-hydrogen) atoms. The molecule has 4 heteroatoms. The van der Waals surface area contributed by atoms with E-state index in [0.717, 1.165) is 34.2 Å². The third kappa shape index (κ3) is 3.13. The highest BCUT2D eigenvalue weighted by molar-refractivity contribution is 6.00. The number of H-pyrrole nitrogens is 1. The van der Waals surface area contributed by atoms with E-state index >= 15 is 0 Å². The molecule has 2 aromatic carbocycles. The van der Waals surface area contributed by atoms with Crippen LogP contribution in [-0.2, 0) is 6.42 Å². The summed E-state index contributed by atoms with van der Waals surface area (Å²) in [6.07, 6.45) is 0.730. The fraction of sp³-hybridized carbons (Fsp3) is 0.250. The van der Waals surface area contributed by atoms with Crippen molar-refractivity contribution in [3.63, 3.8) is 0 Å². The number of hydrogen-bond donors (Lipinski definition) is 2. The van der Waals surface area contributed by atoms with Crippen LogP contribution < -0.4 is 10.1 Å². The lowest BCUT2D eigenvalue weighted by Gasteiger charge is -2.09. The summed E-state index contributed by atoms with van der Waals surface area (Å²) in [7, 11) is 1.66. The van der Waals surface area contributed by atoms with Gasteiger partial charge in [-0.25, -0.2) is 0 Å². The minimum atomic E-state index is -0.0729. The summed E-state index contributed by atoms with van der Waals surface area (Å²) in [4.78, 5) is 15.7. The molecule has 0 aliphatic carbocycles. The van der Waals surface area contributed by atoms with Gasteiger partial charge in [0.2, 0.25) is 0 Å². The van der Waals surface area contributed by atoms with Crippen LogP contribution in [0.2, 0.25) is 0 Å². The summed E-state index contributed by atoms with van der Waals surface area (Å²) in [5.74, 6) is 0.778. The number of methoxy groups -OCH3 is 1. The van der Waals surface area contributed by atoms with Crippen molar-refractivity contribution in [2.24, 2.45) is 0 Å². The van der Waals surface area contributed by atoms with Crippen LogP contribution in [-0.4, -0.2) is 24.5 Å². The van der Waals surface area contributed by atoms with Crippen molar-refractivity contribution in [2.45, 2.75) is 20.3 Å². The fourth-order valence-corrected chi connectivity index (χ4v) is 2.99. The second kappa shape index (κ2) is 6.79. The van der Waals surface area contributed by atoms with Crippen LogP contribution in [0.15, 0.2) is 42.5 Å². The van der Waals surface area contributed by atoms with E-state index < -0.39 is 0 Å². The van der Waals surface area contributed by atoms with Crippen molar-refractivity contribution < 1.29 is 9.53 Å². The fourth-order valence-electron chi connectivity index (χ4n) is 2.99. The maximum absolute atomic E-state index is 12.5. The number of benzene rings is 2. The molecule has 0 aliphatic rings. The first kappa shape index (κ1) is 16.1. The van der Waals surface area contributed by atoms with Gasteiger partial charge in [-0.15, -0.1) is 0 Å². The lowest BCUT2D eigenvalue weighted by Crippen LogP contribution is -2.26. The molecule has 0 fully saturated rings. The predicted molar refractivity (Wildman–Crippen MR) is 96.8 cm³/mol. The molecule has 3 rings (SSSR count). The minimum Gasteiger partial charge on any atom is -0.496 e. The summed E-state index contributed by atoms with van der Waals surface area (Å²) in [6.45, 7) is 4.58. The second-order valence-corrected chi connectivity index (χ2v) is 5.99. The lowest BCUT2D eigenvalue weighted by atomic mass is 10.1. The molecule has 0 atom stereocenters. The van der Waals surface area contributed by atoms with E-state index in [-0.39, 0.29) is 5.91 Å². The molecular weight excluding hydrogens is 300 g/mol. The normalized spacial score (nSPS) is 10.8. The Kier molecular flexibility index (Phi) is 4.56. The Morgan fingerprint density at radius 3 is 2.75 bits per heavy atom. The first-order chi connectivity index (χ1) is 11.6. The van der Waals surface area contributed by atoms with Gasteiger partial charge in [-0.1, -0.05) is 30.3 Å². The molecule has 0 aliphatic heterocycles. The number of amides is 1. The Morgan fingerprint density at radius 2 is 1.96 bits per heavy atom. The van der Waals surface area contributed by atoms with Gasteiger partial charge in [0, 0.05) is 17.4 Å². The van der Waals surface area contributed by atoms with E-state index in [4.69, 9.17) is 4.74 Å². The highest BCUT2D eigenvalue weighted by Crippen LogP contribution is 2.23. The molecule has 0 spiro atoms. The Labute approximate surface area is 141 Å². The van der Waals surface area contributed by atoms with Gasteiger partial charge in [-0.2, -0.15) is 0 Å². The van der Waals surface area contributed by atoms with Gasteiger partial charge in [0.25, 0.3) is 5.91 Å². The molecule has 3 aromatic rings. The maximum atomic E-state index is 12.5. The SMILES string of the molecule is COc1ccccc1CCNC(=O)c1[nH]c2cc(C)ccc2c1C. The second-order valence-electron chi connectivity index (χ2n) is 5.99. The Hall–Kier alpha value is -2.75. The van der Waals surface area contributed by atoms with E-state index in [1.165, 1.54) is 5.56 Å². The molecule has 1 aromatic heterocycles. The van der Waals surface area contributed by atoms with E-state index in [0.29, 0.717) is 12.2 Å². The van der Waals surface area contributed by atoms with Crippen molar-refractivity contribution in [3.8, 4) is 5.75 Å². The molecule has 1 amide bonds. The molecule has 4 nitrogen and oxygen atoms in total. The summed E-state index contributed by atoms with van der Waals surface area (Å²) >= 11 is 0. The number of nitrogens with one attached hydrogen (secondary N) is 2. The Bertz CT molecular complexity index is 880. The maximum Gasteiger partial charge on any atom is 0.268 e. The number of carbonyl (C=O) groups is 1. The number of aromatic amines is 1. The number of hydrogen-bond acceptors (Lipinski definition) is 2. The number of carbonyl (C=O) groups excluding carboxylic acids is 1. The monoisotopic (exact) mass is 322 g/mol. The molecular formula is C20H22N2O2. The summed E-state index contributed by atoms with van der Waals surface area (Å²) in [6, 6.07) is 14.0. The first-order valence-corrected chi connectivity index (χ1v) is 8.09. The van der Waals surface area contributed by atoms with Crippen molar-refractivity contribution >= 4 is 16.8 Å². The van der Waals surface area contributed by atoms with Gasteiger partial charge in [0.15, 0.2) is 0 Å². The number of aryl methyl sites for hydroxylation is 2. The van der Waals surface area contributed by atoms with Crippen LogP contribution >= 0.6 is 0 Å². The van der Waals surface area contributed by atoms with Gasteiger partial charge in [0.05, 0.1) is 7.11 Å². The van der Waals surface area contributed by atoms with Crippen molar-refractivity contribution in [2.75, 3.05) is 13.7 Å². The van der Waals surface area contributed by atoms with Crippen molar-refractivity contribution in [3.05, 3.63) is 64.8 Å². The third-order valence-electron chi connectivity index (χ3n) is 4.31. The van der Waals surface area contributed by atoms with Crippen LogP contribution in [0.5, 0.6) is 5.75 Å². The van der Waals surface area contributed by atoms with Crippen molar-refractivity contribution in [1.29, 1.82) is 0 Å². The number of rotatable bonds is 5. The zero-order valence-electron chi connectivity index (χ0n) is 14.3. The zero-order valence-corrected chi connectivity index (χ0v) is 14.3. The van der Waals surface area contributed by atoms with Crippen LogP contribution in [0.25, 0.3) is 10.9 Å². The largest absolute Gasteiger partial charge is 0.496 e. The molecule has 124 valence electrons. The zero-order chi connectivity index (χ0) is 17.1. The van der Waals surface area contributed by atoms with Crippen molar-refractivity contribution in [1.82, 2.24) is 10.3 Å². The molecule has 0 radical (unpaired) electrons. The van der Waals surface area contributed by atoms with Gasteiger partial charge >= 0.3 is 0 Å². The summed E-state index contributed by atoms with van der Waals surface area (Å²) in [5.41, 5.74) is 4.88.